The lowest BCUT2D eigenvalue weighted by Crippen LogP contribution is -2.51. The number of hydrogen-bond acceptors (Lipinski definition) is 4. The second kappa shape index (κ2) is 7.45. The minimum absolute atomic E-state index is 0.0276. The highest BCUT2D eigenvalue weighted by Gasteiger charge is 2.32. The first-order valence-corrected chi connectivity index (χ1v) is 8.67. The standard InChI is InChI=1S/C17H26N2O4/c20-10-15-14(19-17(22)12-2-1-3-12)7-6-13(23-15)8-16(21)18-9-11-4-5-11/h6-7,11-15,20H,1-5,8-10H2,(H,18,21)(H,19,22)/t13-,14+,15-/m1/s1. The summed E-state index contributed by atoms with van der Waals surface area (Å²) in [5.41, 5.74) is 0. The fourth-order valence-corrected chi connectivity index (χ4v) is 2.92. The molecule has 128 valence electrons. The van der Waals surface area contributed by atoms with Crippen molar-refractivity contribution in [3.63, 3.8) is 0 Å². The topological polar surface area (TPSA) is 87.7 Å². The molecule has 3 aliphatic rings. The maximum absolute atomic E-state index is 12.0. The third kappa shape index (κ3) is 4.54. The summed E-state index contributed by atoms with van der Waals surface area (Å²) in [4.78, 5) is 23.9. The van der Waals surface area contributed by atoms with E-state index in [1.807, 2.05) is 12.2 Å². The summed E-state index contributed by atoms with van der Waals surface area (Å²) < 4.78 is 5.76. The molecule has 0 unspecified atom stereocenters. The molecule has 2 fully saturated rings. The monoisotopic (exact) mass is 322 g/mol. The Morgan fingerprint density at radius 2 is 1.96 bits per heavy atom. The van der Waals surface area contributed by atoms with E-state index in [2.05, 4.69) is 10.6 Å². The summed E-state index contributed by atoms with van der Waals surface area (Å²) in [5.74, 6) is 0.764. The number of nitrogens with one attached hydrogen (secondary N) is 2. The highest BCUT2D eigenvalue weighted by atomic mass is 16.5. The van der Waals surface area contributed by atoms with Crippen LogP contribution in [0.1, 0.15) is 38.5 Å². The number of amides is 2. The van der Waals surface area contributed by atoms with E-state index < -0.39 is 6.10 Å². The van der Waals surface area contributed by atoms with Crippen LogP contribution in [0, 0.1) is 11.8 Å². The van der Waals surface area contributed by atoms with Crippen LogP contribution in [0.5, 0.6) is 0 Å². The predicted octanol–water partition coefficient (Wildman–Crippen LogP) is 0.503. The molecule has 0 bridgehead atoms. The van der Waals surface area contributed by atoms with Crippen LogP contribution >= 0.6 is 0 Å². The van der Waals surface area contributed by atoms with E-state index in [9.17, 15) is 14.7 Å². The molecule has 2 amide bonds. The molecule has 3 atom stereocenters. The average molecular weight is 322 g/mol. The largest absolute Gasteiger partial charge is 0.394 e. The number of ether oxygens (including phenoxy) is 1. The third-order valence-corrected chi connectivity index (χ3v) is 4.92. The van der Waals surface area contributed by atoms with Crippen molar-refractivity contribution in [2.45, 2.75) is 56.8 Å². The van der Waals surface area contributed by atoms with E-state index in [0.717, 1.165) is 25.8 Å². The molecular weight excluding hydrogens is 296 g/mol. The van der Waals surface area contributed by atoms with Gasteiger partial charge in [-0.3, -0.25) is 9.59 Å². The minimum atomic E-state index is -0.495. The van der Waals surface area contributed by atoms with Crippen LogP contribution in [0.3, 0.4) is 0 Å². The molecule has 3 N–H and O–H groups in total. The lowest BCUT2D eigenvalue weighted by molar-refractivity contribution is -0.131. The molecule has 0 spiro atoms. The first-order valence-electron chi connectivity index (χ1n) is 8.67. The first-order chi connectivity index (χ1) is 11.2. The van der Waals surface area contributed by atoms with Gasteiger partial charge in [-0.15, -0.1) is 0 Å². The summed E-state index contributed by atoms with van der Waals surface area (Å²) in [6.07, 6.45) is 8.47. The van der Waals surface area contributed by atoms with Gasteiger partial charge in [-0.25, -0.2) is 0 Å². The average Bonchev–Trinajstić information content (AvgIpc) is 3.29. The molecule has 3 rings (SSSR count). The molecule has 23 heavy (non-hydrogen) atoms. The Morgan fingerprint density at radius 1 is 1.17 bits per heavy atom. The number of hydrogen-bond donors (Lipinski definition) is 3. The Bertz CT molecular complexity index is 471. The van der Waals surface area contributed by atoms with Gasteiger partial charge in [-0.1, -0.05) is 18.6 Å². The second-order valence-corrected chi connectivity index (χ2v) is 6.89. The normalized spacial score (nSPS) is 30.6. The molecule has 0 aromatic rings. The summed E-state index contributed by atoms with van der Waals surface area (Å²) in [5, 5.41) is 15.4. The first kappa shape index (κ1) is 16.5. The van der Waals surface area contributed by atoms with Gasteiger partial charge < -0.3 is 20.5 Å². The Labute approximate surface area is 136 Å². The Morgan fingerprint density at radius 3 is 2.57 bits per heavy atom. The molecular formula is C17H26N2O4. The van der Waals surface area contributed by atoms with Crippen molar-refractivity contribution in [1.82, 2.24) is 10.6 Å². The lowest BCUT2D eigenvalue weighted by atomic mass is 9.84. The van der Waals surface area contributed by atoms with Crippen molar-refractivity contribution in [2.75, 3.05) is 13.2 Å². The third-order valence-electron chi connectivity index (χ3n) is 4.92. The smallest absolute Gasteiger partial charge is 0.223 e. The van der Waals surface area contributed by atoms with Crippen LogP contribution in [0.2, 0.25) is 0 Å². The minimum Gasteiger partial charge on any atom is -0.394 e. The van der Waals surface area contributed by atoms with Gasteiger partial charge in [-0.05, 0) is 31.6 Å². The molecule has 6 heteroatoms. The van der Waals surface area contributed by atoms with Gasteiger partial charge in [0.25, 0.3) is 0 Å². The van der Waals surface area contributed by atoms with Crippen molar-refractivity contribution < 1.29 is 19.4 Å². The number of carbonyl (C=O) groups excluding carboxylic acids is 2. The van der Waals surface area contributed by atoms with Crippen molar-refractivity contribution in [2.24, 2.45) is 11.8 Å². The summed E-state index contributed by atoms with van der Waals surface area (Å²) in [6.45, 7) is 0.568. The highest BCUT2D eigenvalue weighted by Crippen LogP contribution is 2.28. The molecule has 0 aromatic carbocycles. The van der Waals surface area contributed by atoms with Crippen molar-refractivity contribution in [3.05, 3.63) is 12.2 Å². The fourth-order valence-electron chi connectivity index (χ4n) is 2.92. The maximum Gasteiger partial charge on any atom is 0.223 e. The van der Waals surface area contributed by atoms with Crippen molar-refractivity contribution in [3.8, 4) is 0 Å². The van der Waals surface area contributed by atoms with Crippen LogP contribution in [-0.2, 0) is 14.3 Å². The number of rotatable bonds is 7. The van der Waals surface area contributed by atoms with E-state index >= 15 is 0 Å². The number of aliphatic hydroxyl groups excluding tert-OH is 1. The second-order valence-electron chi connectivity index (χ2n) is 6.89. The molecule has 2 saturated carbocycles. The quantitative estimate of drug-likeness (QED) is 0.596. The van der Waals surface area contributed by atoms with Gasteiger partial charge in [0, 0.05) is 12.5 Å². The molecule has 6 nitrogen and oxygen atoms in total. The summed E-state index contributed by atoms with van der Waals surface area (Å²) >= 11 is 0. The lowest BCUT2D eigenvalue weighted by Gasteiger charge is -2.33. The van der Waals surface area contributed by atoms with E-state index in [-0.39, 0.29) is 42.9 Å². The fraction of sp³-hybridized carbons (Fsp3) is 0.765. The summed E-state index contributed by atoms with van der Waals surface area (Å²) in [6, 6.07) is -0.320. The molecule has 0 radical (unpaired) electrons. The highest BCUT2D eigenvalue weighted by molar-refractivity contribution is 5.80. The molecule has 0 saturated heterocycles. The van der Waals surface area contributed by atoms with Gasteiger partial charge in [0.05, 0.1) is 25.2 Å². The van der Waals surface area contributed by atoms with Crippen molar-refractivity contribution >= 4 is 11.8 Å². The molecule has 1 aliphatic heterocycles. The molecule has 2 aliphatic carbocycles. The van der Waals surface area contributed by atoms with E-state index in [4.69, 9.17) is 4.74 Å². The van der Waals surface area contributed by atoms with E-state index in [1.54, 1.807) is 0 Å². The molecule has 1 heterocycles. The number of aliphatic hydroxyl groups is 1. The SMILES string of the molecule is O=C(C[C@H]1C=C[C@H](NC(=O)C2CCC2)[C@@H](CO)O1)NCC1CC1. The maximum atomic E-state index is 12.0. The van der Waals surface area contributed by atoms with Gasteiger partial charge in [0.2, 0.25) is 11.8 Å². The van der Waals surface area contributed by atoms with Crippen LogP contribution in [-0.4, -0.2) is 48.3 Å². The summed E-state index contributed by atoms with van der Waals surface area (Å²) in [7, 11) is 0. The van der Waals surface area contributed by atoms with Crippen LogP contribution < -0.4 is 10.6 Å². The zero-order valence-corrected chi connectivity index (χ0v) is 13.4. The number of carbonyl (C=O) groups is 2. The predicted molar refractivity (Wildman–Crippen MR) is 84.5 cm³/mol. The van der Waals surface area contributed by atoms with E-state index in [0.29, 0.717) is 5.92 Å². The zero-order valence-electron chi connectivity index (χ0n) is 13.4. The Hall–Kier alpha value is -1.40. The molecule has 0 aromatic heterocycles. The van der Waals surface area contributed by atoms with Gasteiger partial charge in [0.15, 0.2) is 0 Å². The van der Waals surface area contributed by atoms with Crippen molar-refractivity contribution in [1.29, 1.82) is 0 Å². The van der Waals surface area contributed by atoms with Crippen LogP contribution in [0.25, 0.3) is 0 Å². The van der Waals surface area contributed by atoms with Gasteiger partial charge in [-0.2, -0.15) is 0 Å². The van der Waals surface area contributed by atoms with Crippen LogP contribution in [0.4, 0.5) is 0 Å². The van der Waals surface area contributed by atoms with Crippen LogP contribution in [0.15, 0.2) is 12.2 Å². The van der Waals surface area contributed by atoms with E-state index in [1.165, 1.54) is 12.8 Å². The van der Waals surface area contributed by atoms with Gasteiger partial charge >= 0.3 is 0 Å². The Balaban J connectivity index is 1.47. The van der Waals surface area contributed by atoms with Gasteiger partial charge in [0.1, 0.15) is 6.10 Å². The Kier molecular flexibility index (Phi) is 5.33. The zero-order chi connectivity index (χ0) is 16.2.